The van der Waals surface area contributed by atoms with E-state index in [9.17, 15) is 0 Å². The van der Waals surface area contributed by atoms with Crippen LogP contribution in [-0.4, -0.2) is 12.2 Å². The molecule has 0 saturated carbocycles. The van der Waals surface area contributed by atoms with Crippen molar-refractivity contribution in [3.8, 4) is 11.5 Å². The number of aryl methyl sites for hydroxylation is 4. The number of hydrogen-bond donors (Lipinski definition) is 0. The van der Waals surface area contributed by atoms with E-state index >= 15 is 0 Å². The summed E-state index contributed by atoms with van der Waals surface area (Å²) in [5, 5.41) is 0.675. The molecule has 2 nitrogen and oxygen atoms in total. The summed E-state index contributed by atoms with van der Waals surface area (Å²) >= 11 is 6.25. The fraction of sp³-hybridized carbons (Fsp3) is 0.455. The molecule has 0 fully saturated rings. The Morgan fingerprint density at radius 1 is 0.920 bits per heavy atom. The van der Waals surface area contributed by atoms with E-state index in [1.54, 1.807) is 0 Å². The predicted octanol–water partition coefficient (Wildman–Crippen LogP) is 6.45. The van der Waals surface area contributed by atoms with E-state index in [1.807, 2.05) is 25.1 Å². The third-order valence-corrected chi connectivity index (χ3v) is 4.42. The Morgan fingerprint density at radius 3 is 2.12 bits per heavy atom. The largest absolute Gasteiger partial charge is 0.490 e. The predicted molar refractivity (Wildman–Crippen MR) is 106 cm³/mol. The van der Waals surface area contributed by atoms with Crippen LogP contribution in [0, 0.1) is 20.8 Å². The molecule has 136 valence electrons. The molecule has 0 saturated heterocycles. The first kappa shape index (κ1) is 19.7. The van der Waals surface area contributed by atoms with Gasteiger partial charge in [-0.3, -0.25) is 0 Å². The van der Waals surface area contributed by atoms with Gasteiger partial charge in [0, 0.05) is 0 Å². The van der Waals surface area contributed by atoms with E-state index in [0.717, 1.165) is 29.9 Å². The molecule has 0 aliphatic heterocycles. The highest BCUT2D eigenvalue weighted by atomic mass is 35.5. The second-order valence-electron chi connectivity index (χ2n) is 7.13. The number of rotatable bonds is 7. The standard InChI is InChI=1S/C22H29ClO2/c1-14(2)24-22-16(4)12-19(13-17(22)5)9-8-18(6)25-21-10-7-15(3)11-20(21)23/h7,10-14,18H,8-9H2,1-6H3. The van der Waals surface area contributed by atoms with Crippen molar-refractivity contribution in [1.29, 1.82) is 0 Å². The molecule has 1 atom stereocenters. The van der Waals surface area contributed by atoms with E-state index in [-0.39, 0.29) is 12.2 Å². The van der Waals surface area contributed by atoms with Crippen molar-refractivity contribution < 1.29 is 9.47 Å². The molecular formula is C22H29ClO2. The molecule has 1 unspecified atom stereocenters. The summed E-state index contributed by atoms with van der Waals surface area (Å²) in [6.45, 7) is 12.5. The van der Waals surface area contributed by atoms with Crippen LogP contribution in [0.4, 0.5) is 0 Å². The lowest BCUT2D eigenvalue weighted by atomic mass is 10.0. The van der Waals surface area contributed by atoms with Gasteiger partial charge >= 0.3 is 0 Å². The molecule has 2 aromatic rings. The van der Waals surface area contributed by atoms with E-state index in [1.165, 1.54) is 16.7 Å². The van der Waals surface area contributed by atoms with Gasteiger partial charge < -0.3 is 9.47 Å². The summed E-state index contributed by atoms with van der Waals surface area (Å²) in [5.74, 6) is 1.77. The van der Waals surface area contributed by atoms with Crippen LogP contribution in [0.5, 0.6) is 11.5 Å². The number of benzene rings is 2. The first-order valence-corrected chi connectivity index (χ1v) is 9.33. The van der Waals surface area contributed by atoms with Crippen molar-refractivity contribution in [3.05, 3.63) is 57.6 Å². The van der Waals surface area contributed by atoms with Crippen molar-refractivity contribution in [2.75, 3.05) is 0 Å². The molecule has 0 aliphatic carbocycles. The lowest BCUT2D eigenvalue weighted by Crippen LogP contribution is -2.13. The van der Waals surface area contributed by atoms with Gasteiger partial charge in [-0.05, 0) is 88.8 Å². The summed E-state index contributed by atoms with van der Waals surface area (Å²) < 4.78 is 11.9. The SMILES string of the molecule is Cc1ccc(OC(C)CCc2cc(C)c(OC(C)C)c(C)c2)c(Cl)c1. The van der Waals surface area contributed by atoms with Crippen LogP contribution < -0.4 is 9.47 Å². The van der Waals surface area contributed by atoms with Crippen LogP contribution in [0.1, 0.15) is 49.4 Å². The Morgan fingerprint density at radius 2 is 1.56 bits per heavy atom. The fourth-order valence-corrected chi connectivity index (χ4v) is 3.23. The van der Waals surface area contributed by atoms with Crippen molar-refractivity contribution in [3.63, 3.8) is 0 Å². The second kappa shape index (κ2) is 8.62. The highest BCUT2D eigenvalue weighted by Crippen LogP contribution is 2.28. The van der Waals surface area contributed by atoms with E-state index < -0.39 is 0 Å². The van der Waals surface area contributed by atoms with Crippen LogP contribution in [0.15, 0.2) is 30.3 Å². The Kier molecular flexibility index (Phi) is 6.78. The Bertz CT molecular complexity index is 699. The minimum absolute atomic E-state index is 0.104. The van der Waals surface area contributed by atoms with E-state index in [2.05, 4.69) is 46.8 Å². The van der Waals surface area contributed by atoms with Gasteiger partial charge in [0.1, 0.15) is 11.5 Å². The van der Waals surface area contributed by atoms with Crippen LogP contribution in [0.2, 0.25) is 5.02 Å². The Balaban J connectivity index is 1.98. The molecular weight excluding hydrogens is 332 g/mol. The molecule has 0 spiro atoms. The smallest absolute Gasteiger partial charge is 0.138 e. The second-order valence-corrected chi connectivity index (χ2v) is 7.53. The summed E-state index contributed by atoms with van der Waals surface area (Å²) in [4.78, 5) is 0. The molecule has 3 heteroatoms. The lowest BCUT2D eigenvalue weighted by Gasteiger charge is -2.18. The van der Waals surface area contributed by atoms with Gasteiger partial charge in [-0.15, -0.1) is 0 Å². The third kappa shape index (κ3) is 5.67. The molecule has 0 radical (unpaired) electrons. The summed E-state index contributed by atoms with van der Waals surface area (Å²) in [6, 6.07) is 10.3. The monoisotopic (exact) mass is 360 g/mol. The normalized spacial score (nSPS) is 12.3. The number of halogens is 1. The third-order valence-electron chi connectivity index (χ3n) is 4.13. The quantitative estimate of drug-likeness (QED) is 0.564. The minimum Gasteiger partial charge on any atom is -0.490 e. The first-order chi connectivity index (χ1) is 11.8. The van der Waals surface area contributed by atoms with Crippen molar-refractivity contribution >= 4 is 11.6 Å². The number of ether oxygens (including phenoxy) is 2. The zero-order valence-electron chi connectivity index (χ0n) is 16.2. The zero-order valence-corrected chi connectivity index (χ0v) is 16.9. The first-order valence-electron chi connectivity index (χ1n) is 8.96. The Hall–Kier alpha value is -1.67. The minimum atomic E-state index is 0.104. The average molecular weight is 361 g/mol. The average Bonchev–Trinajstić information content (AvgIpc) is 2.51. The van der Waals surface area contributed by atoms with Crippen molar-refractivity contribution in [2.45, 2.75) is 66.6 Å². The topological polar surface area (TPSA) is 18.5 Å². The molecule has 2 aromatic carbocycles. The van der Waals surface area contributed by atoms with Crippen molar-refractivity contribution in [2.24, 2.45) is 0 Å². The molecule has 25 heavy (non-hydrogen) atoms. The molecule has 0 amide bonds. The van der Waals surface area contributed by atoms with E-state index in [4.69, 9.17) is 21.1 Å². The van der Waals surface area contributed by atoms with Gasteiger partial charge in [0.2, 0.25) is 0 Å². The zero-order chi connectivity index (χ0) is 18.6. The van der Waals surface area contributed by atoms with Crippen LogP contribution in [0.3, 0.4) is 0 Å². The highest BCUT2D eigenvalue weighted by molar-refractivity contribution is 6.32. The summed E-state index contributed by atoms with van der Waals surface area (Å²) in [6.07, 6.45) is 2.20. The van der Waals surface area contributed by atoms with Gasteiger partial charge in [-0.1, -0.05) is 29.8 Å². The highest BCUT2D eigenvalue weighted by Gasteiger charge is 2.11. The maximum Gasteiger partial charge on any atom is 0.138 e. The molecule has 0 bridgehead atoms. The molecule has 0 heterocycles. The van der Waals surface area contributed by atoms with Gasteiger partial charge in [0.15, 0.2) is 0 Å². The van der Waals surface area contributed by atoms with Gasteiger partial charge in [-0.25, -0.2) is 0 Å². The molecule has 0 aliphatic rings. The summed E-state index contributed by atoms with van der Waals surface area (Å²) in [5.41, 5.74) is 4.84. The van der Waals surface area contributed by atoms with Crippen molar-refractivity contribution in [1.82, 2.24) is 0 Å². The van der Waals surface area contributed by atoms with Gasteiger partial charge in [0.25, 0.3) is 0 Å². The summed E-state index contributed by atoms with van der Waals surface area (Å²) in [7, 11) is 0. The maximum absolute atomic E-state index is 6.25. The maximum atomic E-state index is 6.25. The molecule has 0 aromatic heterocycles. The van der Waals surface area contributed by atoms with Crippen LogP contribution in [0.25, 0.3) is 0 Å². The Labute approximate surface area is 157 Å². The van der Waals surface area contributed by atoms with Gasteiger partial charge in [-0.2, -0.15) is 0 Å². The molecule has 0 N–H and O–H groups in total. The van der Waals surface area contributed by atoms with Gasteiger partial charge in [0.05, 0.1) is 17.2 Å². The van der Waals surface area contributed by atoms with Crippen LogP contribution in [-0.2, 0) is 6.42 Å². The van der Waals surface area contributed by atoms with E-state index in [0.29, 0.717) is 5.02 Å². The fourth-order valence-electron chi connectivity index (χ4n) is 2.95. The lowest BCUT2D eigenvalue weighted by molar-refractivity contribution is 0.211. The molecule has 2 rings (SSSR count). The number of hydrogen-bond acceptors (Lipinski definition) is 2. The van der Waals surface area contributed by atoms with Crippen LogP contribution >= 0.6 is 11.6 Å².